The zero-order valence-electron chi connectivity index (χ0n) is 11.0. The summed E-state index contributed by atoms with van der Waals surface area (Å²) in [7, 11) is 1.96. The Balaban J connectivity index is 1.78. The van der Waals surface area contributed by atoms with Crippen molar-refractivity contribution in [2.24, 2.45) is 0 Å². The molecule has 0 bridgehead atoms. The summed E-state index contributed by atoms with van der Waals surface area (Å²) in [6, 6.07) is 0.733. The Kier molecular flexibility index (Phi) is 3.43. The van der Waals surface area contributed by atoms with Gasteiger partial charge in [-0.05, 0) is 26.4 Å². The predicted molar refractivity (Wildman–Crippen MR) is 71.6 cm³/mol. The highest BCUT2D eigenvalue weighted by atomic mass is 15.3. The second kappa shape index (κ2) is 5.20. The molecule has 2 aliphatic rings. The van der Waals surface area contributed by atoms with E-state index in [0.29, 0.717) is 0 Å². The van der Waals surface area contributed by atoms with E-state index in [1.165, 1.54) is 31.5 Å². The van der Waals surface area contributed by atoms with Crippen molar-refractivity contribution in [2.75, 3.05) is 38.1 Å². The number of anilines is 1. The molecule has 1 atom stereocenters. The van der Waals surface area contributed by atoms with Crippen LogP contribution >= 0.6 is 0 Å². The molecule has 1 unspecified atom stereocenters. The molecule has 0 radical (unpaired) electrons. The van der Waals surface area contributed by atoms with Gasteiger partial charge in [-0.25, -0.2) is 9.97 Å². The highest BCUT2D eigenvalue weighted by Crippen LogP contribution is 2.25. The van der Waals surface area contributed by atoms with Gasteiger partial charge in [-0.3, -0.25) is 4.90 Å². The van der Waals surface area contributed by atoms with Crippen molar-refractivity contribution in [3.8, 4) is 0 Å². The molecule has 0 aliphatic carbocycles. The van der Waals surface area contributed by atoms with E-state index in [1.54, 1.807) is 6.33 Å². The molecule has 1 N–H and O–H groups in total. The average molecular weight is 247 g/mol. The SMILES string of the molecule is CNCc1cncnc1N1CCN2CCCC2C1. The summed E-state index contributed by atoms with van der Waals surface area (Å²) in [6.07, 6.45) is 6.28. The molecule has 1 aromatic rings. The lowest BCUT2D eigenvalue weighted by Crippen LogP contribution is -2.50. The van der Waals surface area contributed by atoms with E-state index < -0.39 is 0 Å². The minimum Gasteiger partial charge on any atom is -0.353 e. The number of fused-ring (bicyclic) bond motifs is 1. The van der Waals surface area contributed by atoms with Gasteiger partial charge in [0.15, 0.2) is 0 Å². The Morgan fingerprint density at radius 3 is 3.22 bits per heavy atom. The standard InChI is InChI=1S/C13H21N5/c1-14-7-11-8-15-10-16-13(11)18-6-5-17-4-2-3-12(17)9-18/h8,10,12,14H,2-7,9H2,1H3. The van der Waals surface area contributed by atoms with Crippen LogP contribution in [0.2, 0.25) is 0 Å². The molecule has 5 heteroatoms. The van der Waals surface area contributed by atoms with Crippen molar-refractivity contribution in [3.05, 3.63) is 18.1 Å². The summed E-state index contributed by atoms with van der Waals surface area (Å²) in [6.45, 7) is 5.50. The van der Waals surface area contributed by atoms with Crippen LogP contribution in [0.5, 0.6) is 0 Å². The molecule has 5 nitrogen and oxygen atoms in total. The topological polar surface area (TPSA) is 44.3 Å². The first-order valence-corrected chi connectivity index (χ1v) is 6.81. The van der Waals surface area contributed by atoms with Gasteiger partial charge in [0.1, 0.15) is 12.1 Å². The van der Waals surface area contributed by atoms with E-state index in [9.17, 15) is 0 Å². The van der Waals surface area contributed by atoms with Gasteiger partial charge in [0, 0.05) is 44.0 Å². The third-order valence-electron chi connectivity index (χ3n) is 4.02. The lowest BCUT2D eigenvalue weighted by Gasteiger charge is -2.38. The van der Waals surface area contributed by atoms with Gasteiger partial charge < -0.3 is 10.2 Å². The zero-order valence-corrected chi connectivity index (χ0v) is 11.0. The number of hydrogen-bond donors (Lipinski definition) is 1. The number of nitrogens with one attached hydrogen (secondary N) is 1. The average Bonchev–Trinajstić information content (AvgIpc) is 2.87. The van der Waals surface area contributed by atoms with Gasteiger partial charge in [-0.1, -0.05) is 0 Å². The number of nitrogens with zero attached hydrogens (tertiary/aromatic N) is 4. The smallest absolute Gasteiger partial charge is 0.136 e. The van der Waals surface area contributed by atoms with Gasteiger partial charge in [-0.15, -0.1) is 0 Å². The van der Waals surface area contributed by atoms with Gasteiger partial charge in [0.25, 0.3) is 0 Å². The Morgan fingerprint density at radius 2 is 2.33 bits per heavy atom. The Morgan fingerprint density at radius 1 is 1.39 bits per heavy atom. The first-order valence-electron chi connectivity index (χ1n) is 6.81. The van der Waals surface area contributed by atoms with E-state index >= 15 is 0 Å². The number of hydrogen-bond acceptors (Lipinski definition) is 5. The molecule has 2 saturated heterocycles. The molecule has 3 rings (SSSR count). The quantitative estimate of drug-likeness (QED) is 0.841. The van der Waals surface area contributed by atoms with Crippen molar-refractivity contribution >= 4 is 5.82 Å². The Hall–Kier alpha value is -1.20. The van der Waals surface area contributed by atoms with Crippen LogP contribution in [-0.2, 0) is 6.54 Å². The molecule has 2 fully saturated rings. The minimum atomic E-state index is 0.733. The van der Waals surface area contributed by atoms with E-state index in [4.69, 9.17) is 0 Å². The molecule has 0 aromatic carbocycles. The van der Waals surface area contributed by atoms with Crippen LogP contribution in [0.4, 0.5) is 5.82 Å². The molecular formula is C13H21N5. The van der Waals surface area contributed by atoms with Gasteiger partial charge in [0.2, 0.25) is 0 Å². The van der Waals surface area contributed by atoms with Crippen LogP contribution in [-0.4, -0.2) is 54.1 Å². The van der Waals surface area contributed by atoms with Gasteiger partial charge >= 0.3 is 0 Å². The lowest BCUT2D eigenvalue weighted by atomic mass is 10.1. The van der Waals surface area contributed by atoms with Crippen LogP contribution in [0.1, 0.15) is 18.4 Å². The molecule has 3 heterocycles. The summed E-state index contributed by atoms with van der Waals surface area (Å²) < 4.78 is 0. The first kappa shape index (κ1) is 11.9. The maximum Gasteiger partial charge on any atom is 0.136 e. The third-order valence-corrected chi connectivity index (χ3v) is 4.02. The monoisotopic (exact) mass is 247 g/mol. The fourth-order valence-corrected chi connectivity index (χ4v) is 3.14. The maximum atomic E-state index is 4.49. The molecule has 0 spiro atoms. The lowest BCUT2D eigenvalue weighted by molar-refractivity contribution is 0.230. The normalized spacial score (nSPS) is 24.3. The van der Waals surface area contributed by atoms with Gasteiger partial charge in [0.05, 0.1) is 0 Å². The van der Waals surface area contributed by atoms with Crippen molar-refractivity contribution in [3.63, 3.8) is 0 Å². The van der Waals surface area contributed by atoms with Crippen LogP contribution in [0.25, 0.3) is 0 Å². The molecular weight excluding hydrogens is 226 g/mol. The zero-order chi connectivity index (χ0) is 12.4. The molecule has 18 heavy (non-hydrogen) atoms. The van der Waals surface area contributed by atoms with E-state index in [2.05, 4.69) is 25.1 Å². The second-order valence-corrected chi connectivity index (χ2v) is 5.18. The summed E-state index contributed by atoms with van der Waals surface area (Å²) >= 11 is 0. The van der Waals surface area contributed by atoms with Crippen molar-refractivity contribution in [2.45, 2.75) is 25.4 Å². The fourth-order valence-electron chi connectivity index (χ4n) is 3.14. The first-order chi connectivity index (χ1) is 8.88. The van der Waals surface area contributed by atoms with E-state index in [1.807, 2.05) is 13.2 Å². The van der Waals surface area contributed by atoms with E-state index in [-0.39, 0.29) is 0 Å². The van der Waals surface area contributed by atoms with Crippen LogP contribution in [0.3, 0.4) is 0 Å². The van der Waals surface area contributed by atoms with Crippen molar-refractivity contribution < 1.29 is 0 Å². The Labute approximate surface area is 108 Å². The summed E-state index contributed by atoms with van der Waals surface area (Å²) in [5, 5.41) is 3.19. The van der Waals surface area contributed by atoms with Crippen LogP contribution in [0, 0.1) is 0 Å². The van der Waals surface area contributed by atoms with Crippen LogP contribution in [0.15, 0.2) is 12.5 Å². The summed E-state index contributed by atoms with van der Waals surface area (Å²) in [5.74, 6) is 1.12. The summed E-state index contributed by atoms with van der Waals surface area (Å²) in [4.78, 5) is 13.7. The van der Waals surface area contributed by atoms with Crippen molar-refractivity contribution in [1.82, 2.24) is 20.2 Å². The molecule has 98 valence electrons. The predicted octanol–water partition coefficient (Wildman–Crippen LogP) is 0.480. The highest BCUT2D eigenvalue weighted by molar-refractivity contribution is 5.46. The molecule has 0 amide bonds. The third kappa shape index (κ3) is 2.20. The van der Waals surface area contributed by atoms with Crippen LogP contribution < -0.4 is 10.2 Å². The molecule has 0 saturated carbocycles. The molecule has 1 aromatic heterocycles. The number of piperazine rings is 1. The number of rotatable bonds is 3. The Bertz CT molecular complexity index is 408. The minimum absolute atomic E-state index is 0.733. The second-order valence-electron chi connectivity index (χ2n) is 5.18. The van der Waals surface area contributed by atoms with Gasteiger partial charge in [-0.2, -0.15) is 0 Å². The number of aromatic nitrogens is 2. The van der Waals surface area contributed by atoms with E-state index in [0.717, 1.165) is 31.5 Å². The van der Waals surface area contributed by atoms with Crippen molar-refractivity contribution in [1.29, 1.82) is 0 Å². The molecule has 2 aliphatic heterocycles. The largest absolute Gasteiger partial charge is 0.353 e. The fraction of sp³-hybridized carbons (Fsp3) is 0.692. The summed E-state index contributed by atoms with van der Waals surface area (Å²) in [5.41, 5.74) is 1.20. The highest BCUT2D eigenvalue weighted by Gasteiger charge is 2.31. The maximum absolute atomic E-state index is 4.49.